The molecular weight excluding hydrogens is 280 g/mol. The number of hydrogen-bond acceptors (Lipinski definition) is 4. The van der Waals surface area contributed by atoms with Crippen molar-refractivity contribution in [1.82, 2.24) is 0 Å². The first-order valence-corrected chi connectivity index (χ1v) is 7.11. The maximum absolute atomic E-state index is 11.5. The van der Waals surface area contributed by atoms with Crippen molar-refractivity contribution in [3.05, 3.63) is 70.8 Å². The van der Waals surface area contributed by atoms with Gasteiger partial charge in [0, 0.05) is 6.42 Å². The number of methoxy groups -OCH3 is 1. The molecular formula is C18H20O4. The standard InChI is InChI=1S/C18H20O4/c1-13-10-15(8-9-16(13)18(20)21-2)11-17(19)22-12-14-6-4-3-5-7-14/h3-10,17,19H,11-12H2,1-2H3. The maximum Gasteiger partial charge on any atom is 0.338 e. The third-order valence-corrected chi connectivity index (χ3v) is 3.39. The van der Waals surface area contributed by atoms with E-state index in [0.29, 0.717) is 18.6 Å². The predicted octanol–water partition coefficient (Wildman–Crippen LogP) is 2.86. The Hall–Kier alpha value is -2.17. The summed E-state index contributed by atoms with van der Waals surface area (Å²) < 4.78 is 10.1. The molecule has 0 aliphatic carbocycles. The fraction of sp³-hybridized carbons (Fsp3) is 0.278. The molecule has 0 bridgehead atoms. The third kappa shape index (κ3) is 4.41. The molecule has 0 aromatic heterocycles. The maximum atomic E-state index is 11.5. The fourth-order valence-electron chi connectivity index (χ4n) is 2.22. The summed E-state index contributed by atoms with van der Waals surface area (Å²) in [6.45, 7) is 2.20. The lowest BCUT2D eigenvalue weighted by Crippen LogP contribution is -2.15. The molecule has 0 spiro atoms. The fourth-order valence-corrected chi connectivity index (χ4v) is 2.22. The van der Waals surface area contributed by atoms with E-state index in [1.807, 2.05) is 43.3 Å². The number of aliphatic hydroxyl groups excluding tert-OH is 1. The molecule has 22 heavy (non-hydrogen) atoms. The van der Waals surface area contributed by atoms with Gasteiger partial charge in [-0.05, 0) is 29.7 Å². The Morgan fingerprint density at radius 3 is 2.50 bits per heavy atom. The van der Waals surface area contributed by atoms with Crippen molar-refractivity contribution in [3.8, 4) is 0 Å². The van der Waals surface area contributed by atoms with Gasteiger partial charge in [0.25, 0.3) is 0 Å². The number of hydrogen-bond donors (Lipinski definition) is 1. The molecule has 2 rings (SSSR count). The third-order valence-electron chi connectivity index (χ3n) is 3.39. The first kappa shape index (κ1) is 16.2. The molecule has 0 aliphatic heterocycles. The molecule has 4 heteroatoms. The van der Waals surface area contributed by atoms with Crippen molar-refractivity contribution < 1.29 is 19.4 Å². The van der Waals surface area contributed by atoms with Crippen LogP contribution in [-0.4, -0.2) is 24.5 Å². The van der Waals surface area contributed by atoms with Crippen LogP contribution < -0.4 is 0 Å². The van der Waals surface area contributed by atoms with Crippen LogP contribution in [0.2, 0.25) is 0 Å². The summed E-state index contributed by atoms with van der Waals surface area (Å²) in [5.74, 6) is -0.357. The smallest absolute Gasteiger partial charge is 0.338 e. The van der Waals surface area contributed by atoms with Gasteiger partial charge in [0.15, 0.2) is 6.29 Å². The number of rotatable bonds is 6. The largest absolute Gasteiger partial charge is 0.465 e. The van der Waals surface area contributed by atoms with Crippen LogP contribution in [-0.2, 0) is 22.5 Å². The van der Waals surface area contributed by atoms with Crippen molar-refractivity contribution in [2.45, 2.75) is 26.2 Å². The number of ether oxygens (including phenoxy) is 2. The number of carbonyl (C=O) groups excluding carboxylic acids is 1. The number of esters is 1. The van der Waals surface area contributed by atoms with Crippen LogP contribution in [0.1, 0.15) is 27.0 Å². The van der Waals surface area contributed by atoms with Gasteiger partial charge in [-0.25, -0.2) is 4.79 Å². The molecule has 0 aliphatic rings. The first-order valence-electron chi connectivity index (χ1n) is 7.11. The minimum Gasteiger partial charge on any atom is -0.465 e. The minimum atomic E-state index is -0.886. The van der Waals surface area contributed by atoms with Gasteiger partial charge < -0.3 is 14.6 Å². The van der Waals surface area contributed by atoms with E-state index < -0.39 is 6.29 Å². The molecule has 0 fully saturated rings. The zero-order chi connectivity index (χ0) is 15.9. The Morgan fingerprint density at radius 2 is 1.86 bits per heavy atom. The molecule has 1 atom stereocenters. The normalized spacial score (nSPS) is 12.0. The van der Waals surface area contributed by atoms with E-state index in [-0.39, 0.29) is 5.97 Å². The monoisotopic (exact) mass is 300 g/mol. The van der Waals surface area contributed by atoms with E-state index >= 15 is 0 Å². The van der Waals surface area contributed by atoms with Crippen molar-refractivity contribution in [2.75, 3.05) is 7.11 Å². The van der Waals surface area contributed by atoms with Crippen molar-refractivity contribution in [3.63, 3.8) is 0 Å². The topological polar surface area (TPSA) is 55.8 Å². The van der Waals surface area contributed by atoms with Crippen LogP contribution in [0.4, 0.5) is 0 Å². The molecule has 0 saturated carbocycles. The average molecular weight is 300 g/mol. The second kappa shape index (κ2) is 7.73. The highest BCUT2D eigenvalue weighted by Crippen LogP contribution is 2.14. The van der Waals surface area contributed by atoms with Crippen molar-refractivity contribution in [2.24, 2.45) is 0 Å². The van der Waals surface area contributed by atoms with Gasteiger partial charge in [0.05, 0.1) is 19.3 Å². The Balaban J connectivity index is 1.93. The van der Waals surface area contributed by atoms with Gasteiger partial charge in [-0.15, -0.1) is 0 Å². The Bertz CT molecular complexity index is 622. The molecule has 1 N–H and O–H groups in total. The summed E-state index contributed by atoms with van der Waals surface area (Å²) in [6, 6.07) is 15.1. The summed E-state index contributed by atoms with van der Waals surface area (Å²) in [7, 11) is 1.36. The lowest BCUT2D eigenvalue weighted by atomic mass is 10.0. The SMILES string of the molecule is COC(=O)c1ccc(CC(O)OCc2ccccc2)cc1C. The van der Waals surface area contributed by atoms with E-state index in [9.17, 15) is 9.90 Å². The zero-order valence-electron chi connectivity index (χ0n) is 12.8. The molecule has 2 aromatic carbocycles. The highest BCUT2D eigenvalue weighted by atomic mass is 16.6. The van der Waals surface area contributed by atoms with E-state index in [1.54, 1.807) is 12.1 Å². The van der Waals surface area contributed by atoms with Crippen molar-refractivity contribution >= 4 is 5.97 Å². The number of aliphatic hydroxyl groups is 1. The molecule has 0 heterocycles. The molecule has 4 nitrogen and oxygen atoms in total. The van der Waals surface area contributed by atoms with Crippen LogP contribution >= 0.6 is 0 Å². The highest BCUT2D eigenvalue weighted by molar-refractivity contribution is 5.90. The van der Waals surface area contributed by atoms with Crippen LogP contribution in [0, 0.1) is 6.92 Å². The van der Waals surface area contributed by atoms with Gasteiger partial charge in [0.1, 0.15) is 0 Å². The number of carbonyl (C=O) groups is 1. The van der Waals surface area contributed by atoms with E-state index in [4.69, 9.17) is 9.47 Å². The predicted molar refractivity (Wildman–Crippen MR) is 83.5 cm³/mol. The summed E-state index contributed by atoms with van der Waals surface area (Å²) >= 11 is 0. The lowest BCUT2D eigenvalue weighted by molar-refractivity contribution is -0.106. The highest BCUT2D eigenvalue weighted by Gasteiger charge is 2.11. The van der Waals surface area contributed by atoms with E-state index in [0.717, 1.165) is 16.7 Å². The van der Waals surface area contributed by atoms with Gasteiger partial charge in [-0.3, -0.25) is 0 Å². The van der Waals surface area contributed by atoms with E-state index in [1.165, 1.54) is 7.11 Å². The average Bonchev–Trinajstić information content (AvgIpc) is 2.53. The summed E-state index contributed by atoms with van der Waals surface area (Å²) in [5, 5.41) is 9.97. The Kier molecular flexibility index (Phi) is 5.69. The Labute approximate surface area is 130 Å². The Morgan fingerprint density at radius 1 is 1.14 bits per heavy atom. The van der Waals surface area contributed by atoms with Crippen LogP contribution in [0.15, 0.2) is 48.5 Å². The zero-order valence-corrected chi connectivity index (χ0v) is 12.8. The van der Waals surface area contributed by atoms with Crippen LogP contribution in [0.3, 0.4) is 0 Å². The minimum absolute atomic E-state index is 0.357. The molecule has 0 amide bonds. The second-order valence-corrected chi connectivity index (χ2v) is 5.10. The number of aryl methyl sites for hydroxylation is 1. The summed E-state index contributed by atoms with van der Waals surface area (Å²) in [4.78, 5) is 11.5. The lowest BCUT2D eigenvalue weighted by Gasteiger charge is -2.13. The quantitative estimate of drug-likeness (QED) is 0.658. The molecule has 0 saturated heterocycles. The van der Waals surface area contributed by atoms with Gasteiger partial charge >= 0.3 is 5.97 Å². The molecule has 1 unspecified atom stereocenters. The summed E-state index contributed by atoms with van der Waals surface area (Å²) in [5.41, 5.74) is 3.27. The van der Waals surface area contributed by atoms with E-state index in [2.05, 4.69) is 0 Å². The van der Waals surface area contributed by atoms with Gasteiger partial charge in [0.2, 0.25) is 0 Å². The second-order valence-electron chi connectivity index (χ2n) is 5.10. The van der Waals surface area contributed by atoms with Crippen LogP contribution in [0.5, 0.6) is 0 Å². The van der Waals surface area contributed by atoms with Crippen molar-refractivity contribution in [1.29, 1.82) is 0 Å². The van der Waals surface area contributed by atoms with Gasteiger partial charge in [-0.1, -0.05) is 42.5 Å². The molecule has 0 radical (unpaired) electrons. The molecule has 2 aromatic rings. The number of benzene rings is 2. The van der Waals surface area contributed by atoms with Gasteiger partial charge in [-0.2, -0.15) is 0 Å². The first-order chi connectivity index (χ1) is 10.6. The van der Waals surface area contributed by atoms with Crippen LogP contribution in [0.25, 0.3) is 0 Å². The summed E-state index contributed by atoms with van der Waals surface area (Å²) in [6.07, 6.45) is -0.515. The molecule has 116 valence electrons.